The molecular formula is C9H12N2O2S. The van der Waals surface area contributed by atoms with Gasteiger partial charge in [0.25, 0.3) is 5.91 Å². The van der Waals surface area contributed by atoms with Crippen LogP contribution in [0.3, 0.4) is 0 Å². The Hall–Kier alpha value is -0.940. The van der Waals surface area contributed by atoms with Gasteiger partial charge in [-0.2, -0.15) is 0 Å². The van der Waals surface area contributed by atoms with Crippen LogP contribution in [-0.4, -0.2) is 28.6 Å². The van der Waals surface area contributed by atoms with E-state index in [2.05, 4.69) is 10.3 Å². The molecule has 14 heavy (non-hydrogen) atoms. The van der Waals surface area contributed by atoms with Crippen LogP contribution in [0.1, 0.15) is 23.3 Å². The molecule has 1 saturated carbocycles. The molecule has 1 aromatic heterocycles. The van der Waals surface area contributed by atoms with Crippen LogP contribution in [0.15, 0.2) is 10.9 Å². The molecule has 0 saturated heterocycles. The number of carbonyl (C=O) groups excluding carboxylic acids is 1. The van der Waals surface area contributed by atoms with Gasteiger partial charge in [-0.1, -0.05) is 0 Å². The summed E-state index contributed by atoms with van der Waals surface area (Å²) >= 11 is 1.39. The van der Waals surface area contributed by atoms with E-state index in [-0.39, 0.29) is 5.91 Å². The van der Waals surface area contributed by atoms with E-state index in [1.54, 1.807) is 10.9 Å². The first-order valence-electron chi connectivity index (χ1n) is 4.62. The number of hydrogen-bond acceptors (Lipinski definition) is 4. The number of nitrogens with zero attached hydrogens (tertiary/aromatic N) is 1. The van der Waals surface area contributed by atoms with Gasteiger partial charge < -0.3 is 10.4 Å². The van der Waals surface area contributed by atoms with Crippen LogP contribution in [0.2, 0.25) is 0 Å². The topological polar surface area (TPSA) is 62.2 Å². The second-order valence-electron chi connectivity index (χ2n) is 3.49. The fourth-order valence-electron chi connectivity index (χ4n) is 1.26. The van der Waals surface area contributed by atoms with Gasteiger partial charge in [0.2, 0.25) is 0 Å². The summed E-state index contributed by atoms with van der Waals surface area (Å²) in [6.07, 6.45) is 1.76. The van der Waals surface area contributed by atoms with Gasteiger partial charge in [-0.25, -0.2) is 4.98 Å². The Kier molecular flexibility index (Phi) is 2.79. The van der Waals surface area contributed by atoms with Crippen molar-refractivity contribution in [2.24, 2.45) is 5.92 Å². The summed E-state index contributed by atoms with van der Waals surface area (Å²) in [5.41, 5.74) is 2.05. The Morgan fingerprint density at radius 1 is 1.79 bits per heavy atom. The van der Waals surface area contributed by atoms with Crippen molar-refractivity contribution in [1.29, 1.82) is 0 Å². The molecule has 0 aliphatic heterocycles. The normalized spacial score (nSPS) is 17.8. The summed E-state index contributed by atoms with van der Waals surface area (Å²) in [6.45, 7) is 0.334. The van der Waals surface area contributed by atoms with E-state index in [1.807, 2.05) is 0 Å². The zero-order chi connectivity index (χ0) is 9.97. The molecule has 1 amide bonds. The summed E-state index contributed by atoms with van der Waals surface area (Å²) in [7, 11) is 0. The van der Waals surface area contributed by atoms with E-state index < -0.39 is 6.10 Å². The molecule has 1 unspecified atom stereocenters. The molecule has 0 bridgehead atoms. The lowest BCUT2D eigenvalue weighted by Gasteiger charge is -2.09. The van der Waals surface area contributed by atoms with Gasteiger partial charge in [-0.3, -0.25) is 4.79 Å². The number of aliphatic hydroxyl groups is 1. The Morgan fingerprint density at radius 3 is 3.14 bits per heavy atom. The molecule has 1 aliphatic rings. The highest BCUT2D eigenvalue weighted by molar-refractivity contribution is 7.07. The average molecular weight is 212 g/mol. The van der Waals surface area contributed by atoms with E-state index in [0.29, 0.717) is 18.2 Å². The molecule has 1 aliphatic carbocycles. The van der Waals surface area contributed by atoms with Crippen LogP contribution in [0, 0.1) is 5.92 Å². The third kappa shape index (κ3) is 2.30. The van der Waals surface area contributed by atoms with E-state index in [0.717, 1.165) is 12.8 Å². The number of carbonyl (C=O) groups is 1. The number of aromatic nitrogens is 1. The lowest BCUT2D eigenvalue weighted by atomic mass is 10.2. The second kappa shape index (κ2) is 4.06. The van der Waals surface area contributed by atoms with Crippen molar-refractivity contribution in [3.05, 3.63) is 16.6 Å². The first-order chi connectivity index (χ1) is 6.77. The minimum Gasteiger partial charge on any atom is -0.391 e. The third-order valence-electron chi connectivity index (χ3n) is 2.30. The predicted molar refractivity (Wildman–Crippen MR) is 53.2 cm³/mol. The Labute approximate surface area is 86.0 Å². The smallest absolute Gasteiger partial charge is 0.270 e. The van der Waals surface area contributed by atoms with Crippen molar-refractivity contribution < 1.29 is 9.90 Å². The quantitative estimate of drug-likeness (QED) is 0.770. The van der Waals surface area contributed by atoms with Crippen LogP contribution in [0.25, 0.3) is 0 Å². The molecule has 4 nitrogen and oxygen atoms in total. The zero-order valence-electron chi connectivity index (χ0n) is 7.64. The van der Waals surface area contributed by atoms with E-state index in [4.69, 9.17) is 0 Å². The monoisotopic (exact) mass is 212 g/mol. The lowest BCUT2D eigenvalue weighted by Crippen LogP contribution is -2.33. The summed E-state index contributed by atoms with van der Waals surface area (Å²) in [4.78, 5) is 15.3. The van der Waals surface area contributed by atoms with Crippen molar-refractivity contribution in [2.45, 2.75) is 18.9 Å². The number of amides is 1. The van der Waals surface area contributed by atoms with Crippen LogP contribution in [0.4, 0.5) is 0 Å². The van der Waals surface area contributed by atoms with Crippen LogP contribution in [0.5, 0.6) is 0 Å². The molecule has 0 radical (unpaired) electrons. The van der Waals surface area contributed by atoms with E-state index in [9.17, 15) is 9.90 Å². The van der Waals surface area contributed by atoms with Crippen molar-refractivity contribution in [2.75, 3.05) is 6.54 Å². The van der Waals surface area contributed by atoms with Crippen molar-refractivity contribution >= 4 is 17.2 Å². The first kappa shape index (κ1) is 9.61. The summed E-state index contributed by atoms with van der Waals surface area (Å²) in [5, 5.41) is 13.9. The maximum atomic E-state index is 11.4. The molecule has 1 aromatic rings. The lowest BCUT2D eigenvalue weighted by molar-refractivity contribution is 0.0897. The standard InChI is InChI=1S/C9H12N2O2S/c12-8(6-1-2-6)3-10-9(13)7-4-14-5-11-7/h4-6,8,12H,1-3H2,(H,10,13). The van der Waals surface area contributed by atoms with Crippen LogP contribution >= 0.6 is 11.3 Å². The number of rotatable bonds is 4. The average Bonchev–Trinajstić information content (AvgIpc) is 2.90. The van der Waals surface area contributed by atoms with Gasteiger partial charge in [-0.15, -0.1) is 11.3 Å². The van der Waals surface area contributed by atoms with Crippen LogP contribution < -0.4 is 5.32 Å². The molecule has 2 N–H and O–H groups in total. The largest absolute Gasteiger partial charge is 0.391 e. The molecule has 5 heteroatoms. The minimum atomic E-state index is -0.391. The number of thiazole rings is 1. The fraction of sp³-hybridized carbons (Fsp3) is 0.556. The molecular weight excluding hydrogens is 200 g/mol. The summed E-state index contributed by atoms with van der Waals surface area (Å²) in [6, 6.07) is 0. The maximum absolute atomic E-state index is 11.4. The Morgan fingerprint density at radius 2 is 2.57 bits per heavy atom. The highest BCUT2D eigenvalue weighted by atomic mass is 32.1. The van der Waals surface area contributed by atoms with Crippen molar-refractivity contribution in [1.82, 2.24) is 10.3 Å². The third-order valence-corrected chi connectivity index (χ3v) is 2.89. The molecule has 1 heterocycles. The fourth-order valence-corrected chi connectivity index (χ4v) is 1.79. The second-order valence-corrected chi connectivity index (χ2v) is 4.21. The first-order valence-corrected chi connectivity index (χ1v) is 5.56. The molecule has 0 spiro atoms. The Bertz CT molecular complexity index is 309. The molecule has 2 rings (SSSR count). The molecule has 1 atom stereocenters. The van der Waals surface area contributed by atoms with Gasteiger partial charge in [-0.05, 0) is 18.8 Å². The van der Waals surface area contributed by atoms with Gasteiger partial charge >= 0.3 is 0 Å². The Balaban J connectivity index is 1.77. The van der Waals surface area contributed by atoms with Gasteiger partial charge in [0.05, 0.1) is 11.6 Å². The molecule has 0 aromatic carbocycles. The minimum absolute atomic E-state index is 0.203. The zero-order valence-corrected chi connectivity index (χ0v) is 8.46. The predicted octanol–water partition coefficient (Wildman–Crippen LogP) is 0.644. The maximum Gasteiger partial charge on any atom is 0.270 e. The SMILES string of the molecule is O=C(NCC(O)C1CC1)c1cscn1. The van der Waals surface area contributed by atoms with Crippen LogP contribution in [-0.2, 0) is 0 Å². The highest BCUT2D eigenvalue weighted by Crippen LogP contribution is 2.32. The number of nitrogens with one attached hydrogen (secondary N) is 1. The van der Waals surface area contributed by atoms with E-state index in [1.165, 1.54) is 11.3 Å². The summed E-state index contributed by atoms with van der Waals surface area (Å²) < 4.78 is 0. The van der Waals surface area contributed by atoms with Gasteiger partial charge in [0.15, 0.2) is 0 Å². The molecule has 1 fully saturated rings. The number of hydrogen-bond donors (Lipinski definition) is 2. The van der Waals surface area contributed by atoms with Gasteiger partial charge in [0, 0.05) is 11.9 Å². The molecule has 76 valence electrons. The van der Waals surface area contributed by atoms with Crippen molar-refractivity contribution in [3.63, 3.8) is 0 Å². The number of aliphatic hydroxyl groups excluding tert-OH is 1. The van der Waals surface area contributed by atoms with Crippen molar-refractivity contribution in [3.8, 4) is 0 Å². The van der Waals surface area contributed by atoms with E-state index >= 15 is 0 Å². The highest BCUT2D eigenvalue weighted by Gasteiger charge is 2.29. The summed E-state index contributed by atoms with van der Waals surface area (Å²) in [5.74, 6) is 0.191. The van der Waals surface area contributed by atoms with Gasteiger partial charge in [0.1, 0.15) is 5.69 Å².